The maximum absolute atomic E-state index is 13.6. The van der Waals surface area contributed by atoms with Crippen LogP contribution in [0.4, 0.5) is 5.69 Å². The van der Waals surface area contributed by atoms with Crippen LogP contribution in [0.1, 0.15) is 18.5 Å². The number of hydrogen-bond donors (Lipinski definition) is 1. The summed E-state index contributed by atoms with van der Waals surface area (Å²) in [5, 5.41) is 2.78. The summed E-state index contributed by atoms with van der Waals surface area (Å²) in [5.74, 6) is 0.0703. The monoisotopic (exact) mass is 532 g/mol. The van der Waals surface area contributed by atoms with E-state index < -0.39 is 38.4 Å². The number of rotatable bonds is 10. The van der Waals surface area contributed by atoms with Gasteiger partial charge in [0.05, 0.1) is 35.7 Å². The molecule has 0 aliphatic rings. The number of para-hydroxylation sites is 1. The van der Waals surface area contributed by atoms with Gasteiger partial charge in [-0.1, -0.05) is 30.3 Å². The number of ether oxygens (including phenoxy) is 2. The van der Waals surface area contributed by atoms with Gasteiger partial charge in [0, 0.05) is 12.3 Å². The number of nitrogens with zero attached hydrogens (tertiary/aromatic N) is 1. The maximum atomic E-state index is 13.6. The zero-order chi connectivity index (χ0) is 26.5. The minimum Gasteiger partial charge on any atom is -0.493 e. The average Bonchev–Trinajstić information content (AvgIpc) is 2.86. The first kappa shape index (κ1) is 27.0. The summed E-state index contributed by atoms with van der Waals surface area (Å²) in [4.78, 5) is 13.1. The highest BCUT2D eigenvalue weighted by molar-refractivity contribution is 7.93. The van der Waals surface area contributed by atoms with E-state index >= 15 is 0 Å². The van der Waals surface area contributed by atoms with E-state index in [0.717, 1.165) is 10.6 Å². The zero-order valence-corrected chi connectivity index (χ0v) is 22.0. The van der Waals surface area contributed by atoms with Crippen molar-refractivity contribution in [3.8, 4) is 11.5 Å². The van der Waals surface area contributed by atoms with E-state index in [9.17, 15) is 21.6 Å². The summed E-state index contributed by atoms with van der Waals surface area (Å²) in [7, 11) is -4.65. The molecule has 0 fully saturated rings. The van der Waals surface area contributed by atoms with Crippen LogP contribution in [0.2, 0.25) is 0 Å². The second kappa shape index (κ2) is 11.0. The van der Waals surface area contributed by atoms with E-state index in [-0.39, 0.29) is 15.5 Å². The first-order chi connectivity index (χ1) is 17.0. The van der Waals surface area contributed by atoms with Gasteiger partial charge in [-0.15, -0.1) is 0 Å². The molecule has 1 atom stereocenters. The fourth-order valence-electron chi connectivity index (χ4n) is 3.52. The molecule has 0 saturated heterocycles. The number of anilines is 1. The molecule has 0 aliphatic heterocycles. The molecule has 36 heavy (non-hydrogen) atoms. The van der Waals surface area contributed by atoms with E-state index in [4.69, 9.17) is 9.47 Å². The number of benzene rings is 3. The van der Waals surface area contributed by atoms with Crippen LogP contribution in [0.5, 0.6) is 11.5 Å². The fraction of sp³-hybridized carbons (Fsp3) is 0.240. The maximum Gasteiger partial charge on any atom is 0.264 e. The van der Waals surface area contributed by atoms with Crippen LogP contribution in [0, 0.1) is 0 Å². The molecule has 0 bridgehead atoms. The van der Waals surface area contributed by atoms with Gasteiger partial charge in [-0.2, -0.15) is 0 Å². The Morgan fingerprint density at radius 1 is 0.861 bits per heavy atom. The van der Waals surface area contributed by atoms with E-state index in [0.29, 0.717) is 17.0 Å². The molecule has 3 aromatic carbocycles. The van der Waals surface area contributed by atoms with Gasteiger partial charge in [0.15, 0.2) is 21.3 Å². The predicted octanol–water partition coefficient (Wildman–Crippen LogP) is 3.18. The molecule has 11 heteroatoms. The third kappa shape index (κ3) is 6.16. The summed E-state index contributed by atoms with van der Waals surface area (Å²) in [6.45, 7) is 1.25. The molecule has 0 spiro atoms. The quantitative estimate of drug-likeness (QED) is 0.426. The molecule has 1 N–H and O–H groups in total. The largest absolute Gasteiger partial charge is 0.493 e. The Morgan fingerprint density at radius 2 is 1.44 bits per heavy atom. The molecule has 0 saturated carbocycles. The molecule has 9 nitrogen and oxygen atoms in total. The molecule has 0 unspecified atom stereocenters. The second-order valence-electron chi connectivity index (χ2n) is 7.99. The summed E-state index contributed by atoms with van der Waals surface area (Å²) in [5.41, 5.74) is 0.984. The number of amides is 1. The van der Waals surface area contributed by atoms with Gasteiger partial charge in [-0.05, 0) is 48.9 Å². The van der Waals surface area contributed by atoms with Crippen molar-refractivity contribution in [2.24, 2.45) is 0 Å². The number of methoxy groups -OCH3 is 2. The summed E-state index contributed by atoms with van der Waals surface area (Å²) in [6, 6.07) is 18.1. The summed E-state index contributed by atoms with van der Waals surface area (Å²) < 4.78 is 62.1. The Morgan fingerprint density at radius 3 is 2.00 bits per heavy atom. The van der Waals surface area contributed by atoms with Crippen molar-refractivity contribution in [2.45, 2.75) is 22.8 Å². The van der Waals surface area contributed by atoms with Crippen molar-refractivity contribution in [1.29, 1.82) is 0 Å². The summed E-state index contributed by atoms with van der Waals surface area (Å²) in [6.07, 6.45) is 1.12. The molecule has 3 rings (SSSR count). The van der Waals surface area contributed by atoms with E-state index in [2.05, 4.69) is 5.32 Å². The number of sulfone groups is 1. The highest BCUT2D eigenvalue weighted by Gasteiger charge is 2.28. The lowest BCUT2D eigenvalue weighted by atomic mass is 10.1. The van der Waals surface area contributed by atoms with Crippen LogP contribution in [-0.4, -0.2) is 49.8 Å². The normalized spacial score (nSPS) is 12.4. The first-order valence-corrected chi connectivity index (χ1v) is 14.2. The first-order valence-electron chi connectivity index (χ1n) is 10.9. The van der Waals surface area contributed by atoms with E-state index in [1.165, 1.54) is 44.6 Å². The molecule has 3 aromatic rings. The second-order valence-corrected chi connectivity index (χ2v) is 11.9. The lowest BCUT2D eigenvalue weighted by Crippen LogP contribution is -2.41. The van der Waals surface area contributed by atoms with Gasteiger partial charge in [0.1, 0.15) is 6.54 Å². The molecule has 0 radical (unpaired) electrons. The fourth-order valence-corrected chi connectivity index (χ4v) is 5.59. The topological polar surface area (TPSA) is 119 Å². The van der Waals surface area contributed by atoms with E-state index in [1.807, 2.05) is 0 Å². The Bertz CT molecular complexity index is 1420. The van der Waals surface area contributed by atoms with Gasteiger partial charge in [0.2, 0.25) is 5.91 Å². The predicted molar refractivity (Wildman–Crippen MR) is 137 cm³/mol. The molecule has 1 amide bonds. The van der Waals surface area contributed by atoms with Gasteiger partial charge in [-0.3, -0.25) is 9.10 Å². The summed E-state index contributed by atoms with van der Waals surface area (Å²) >= 11 is 0. The van der Waals surface area contributed by atoms with Crippen molar-refractivity contribution >= 4 is 31.5 Å². The van der Waals surface area contributed by atoms with Crippen molar-refractivity contribution in [3.63, 3.8) is 0 Å². The van der Waals surface area contributed by atoms with E-state index in [1.54, 1.807) is 49.4 Å². The van der Waals surface area contributed by atoms with Crippen LogP contribution in [0.15, 0.2) is 82.6 Å². The lowest BCUT2D eigenvalue weighted by Gasteiger charge is -2.25. The number of hydrogen-bond acceptors (Lipinski definition) is 7. The van der Waals surface area contributed by atoms with Crippen LogP contribution < -0.4 is 19.1 Å². The SMILES string of the molecule is COc1ccc(S(=O)(=O)N(CC(=O)N[C@@H](C)c2ccc(S(C)(=O)=O)cc2)c2ccccc2)cc1OC. The number of sulfonamides is 1. The van der Waals surface area contributed by atoms with Crippen molar-refractivity contribution in [2.75, 3.05) is 31.3 Å². The van der Waals surface area contributed by atoms with Crippen molar-refractivity contribution < 1.29 is 31.1 Å². The molecular weight excluding hydrogens is 504 g/mol. The van der Waals surface area contributed by atoms with Gasteiger partial charge >= 0.3 is 0 Å². The number of nitrogens with one attached hydrogen (secondary N) is 1. The number of carbonyl (C=O) groups excluding carboxylic acids is 1. The Labute approximate surface area is 211 Å². The number of carbonyl (C=O) groups is 1. The van der Waals surface area contributed by atoms with Gasteiger partial charge in [0.25, 0.3) is 10.0 Å². The molecule has 192 valence electrons. The van der Waals surface area contributed by atoms with Gasteiger partial charge < -0.3 is 14.8 Å². The van der Waals surface area contributed by atoms with Crippen LogP contribution in [0.25, 0.3) is 0 Å². The van der Waals surface area contributed by atoms with Gasteiger partial charge in [-0.25, -0.2) is 16.8 Å². The molecule has 0 aromatic heterocycles. The molecule has 0 heterocycles. The molecule has 0 aliphatic carbocycles. The smallest absolute Gasteiger partial charge is 0.264 e. The lowest BCUT2D eigenvalue weighted by molar-refractivity contribution is -0.120. The third-order valence-corrected chi connectivity index (χ3v) is 8.36. The minimum absolute atomic E-state index is 0.0683. The Hall–Kier alpha value is -3.57. The molecular formula is C25H28N2O7S2. The standard InChI is InChI=1S/C25H28N2O7S2/c1-18(19-10-12-21(13-11-19)35(4,29)30)26-25(28)17-27(20-8-6-5-7-9-20)36(31,32)22-14-15-23(33-2)24(16-22)34-3/h5-16,18H,17H2,1-4H3,(H,26,28)/t18-/m0/s1. The average molecular weight is 533 g/mol. The minimum atomic E-state index is -4.16. The Balaban J connectivity index is 1.88. The van der Waals surface area contributed by atoms with Crippen molar-refractivity contribution in [3.05, 3.63) is 78.4 Å². The van der Waals surface area contributed by atoms with Crippen molar-refractivity contribution in [1.82, 2.24) is 5.32 Å². The highest BCUT2D eigenvalue weighted by atomic mass is 32.2. The zero-order valence-electron chi connectivity index (χ0n) is 20.3. The van der Waals surface area contributed by atoms with Crippen LogP contribution >= 0.6 is 0 Å². The van der Waals surface area contributed by atoms with Crippen LogP contribution in [0.3, 0.4) is 0 Å². The third-order valence-electron chi connectivity index (χ3n) is 5.46. The Kier molecular flexibility index (Phi) is 8.26. The van der Waals surface area contributed by atoms with Crippen LogP contribution in [-0.2, 0) is 24.7 Å². The highest BCUT2D eigenvalue weighted by Crippen LogP contribution is 2.32.